The number of aromatic amines is 1. The van der Waals surface area contributed by atoms with E-state index < -0.39 is 57.1 Å². The van der Waals surface area contributed by atoms with Crippen LogP contribution in [0.15, 0.2) is 47.8 Å². The molecule has 12 nitrogen and oxygen atoms in total. The Kier molecular flexibility index (Phi) is 12.3. The summed E-state index contributed by atoms with van der Waals surface area (Å²) in [5.74, 6) is -1.87. The van der Waals surface area contributed by atoms with Gasteiger partial charge in [-0.3, -0.25) is 9.59 Å². The quantitative estimate of drug-likeness (QED) is 0.0739. The zero-order valence-corrected chi connectivity index (χ0v) is 33.1. The molecule has 4 aromatic rings. The number of thiazole rings is 1. The monoisotopic (exact) mass is 966 g/mol. The lowest BCUT2D eigenvalue weighted by Crippen LogP contribution is -2.66. The lowest BCUT2D eigenvalue weighted by Gasteiger charge is -2.39. The van der Waals surface area contributed by atoms with E-state index in [1.165, 1.54) is 11.4 Å². The summed E-state index contributed by atoms with van der Waals surface area (Å²) in [6, 6.07) is 8.38. The molecular weight excluding hydrogens is 931 g/mol. The smallest absolute Gasteiger partial charge is 0.418 e. The number of methoxy groups -OCH3 is 1. The third kappa shape index (κ3) is 8.75. The number of fused-ring (bicyclic) bond motifs is 3. The number of hydrogen-bond donors (Lipinski definition) is 6. The summed E-state index contributed by atoms with van der Waals surface area (Å²) in [6.07, 6.45) is -4.66. The lowest BCUT2D eigenvalue weighted by atomic mass is 9.78. The van der Waals surface area contributed by atoms with Crippen molar-refractivity contribution in [1.29, 1.82) is 0 Å². The Morgan fingerprint density at radius 2 is 1.79 bits per heavy atom. The number of carbonyl (C=O) groups is 4. The fraction of sp³-hybridized carbons (Fsp3) is 0.382. The van der Waals surface area contributed by atoms with Crippen molar-refractivity contribution in [3.05, 3.63) is 80.9 Å². The van der Waals surface area contributed by atoms with Crippen LogP contribution in [-0.2, 0) is 35.2 Å². The summed E-state index contributed by atoms with van der Waals surface area (Å²) in [7, 11) is 1.54. The maximum atomic E-state index is 14.5. The molecule has 0 saturated carbocycles. The van der Waals surface area contributed by atoms with E-state index in [-0.39, 0.29) is 46.3 Å². The highest BCUT2D eigenvalue weighted by Crippen LogP contribution is 2.40. The minimum absolute atomic E-state index is 0.0123. The van der Waals surface area contributed by atoms with E-state index in [0.717, 1.165) is 23.0 Å². The Balaban J connectivity index is 1.46. The number of carboxylic acid groups (broad SMARTS) is 1. The molecule has 0 unspecified atom stereocenters. The van der Waals surface area contributed by atoms with Crippen LogP contribution in [0.5, 0.6) is 5.75 Å². The third-order valence-corrected chi connectivity index (χ3v) is 11.2. The number of H-pyrrole nitrogens is 1. The van der Waals surface area contributed by atoms with Gasteiger partial charge in [-0.2, -0.15) is 13.2 Å². The first kappa shape index (κ1) is 39.5. The number of nitrogens with one attached hydrogen (secondary N) is 5. The van der Waals surface area contributed by atoms with Crippen LogP contribution in [0.25, 0.3) is 10.9 Å². The van der Waals surface area contributed by atoms with Gasteiger partial charge in [0.15, 0.2) is 5.69 Å². The summed E-state index contributed by atoms with van der Waals surface area (Å²) in [6.45, 7) is 3.68. The molecule has 5 rings (SSSR count). The summed E-state index contributed by atoms with van der Waals surface area (Å²) < 4.78 is 46.4. The number of nitrogens with zero attached hydrogens (tertiary/aromatic N) is 1. The van der Waals surface area contributed by atoms with Gasteiger partial charge in [0.1, 0.15) is 22.3 Å². The highest BCUT2D eigenvalue weighted by Gasteiger charge is 2.47. The van der Waals surface area contributed by atoms with E-state index in [0.29, 0.717) is 22.0 Å². The Labute approximate surface area is 327 Å². The fourth-order valence-electron chi connectivity index (χ4n) is 6.07. The molecule has 278 valence electrons. The molecule has 0 aliphatic heterocycles. The van der Waals surface area contributed by atoms with Gasteiger partial charge >= 0.3 is 18.2 Å². The van der Waals surface area contributed by atoms with Gasteiger partial charge in [-0.05, 0) is 42.2 Å². The Hall–Kier alpha value is -3.66. The molecule has 2 heterocycles. The molecule has 52 heavy (non-hydrogen) atoms. The van der Waals surface area contributed by atoms with Crippen molar-refractivity contribution >= 4 is 91.2 Å². The van der Waals surface area contributed by atoms with Gasteiger partial charge in [0, 0.05) is 37.3 Å². The fourth-order valence-corrected chi connectivity index (χ4v) is 8.28. The molecule has 5 atom stereocenters. The highest BCUT2D eigenvalue weighted by molar-refractivity contribution is 14.1. The van der Waals surface area contributed by atoms with Gasteiger partial charge in [-0.25, -0.2) is 14.6 Å². The molecule has 2 aromatic carbocycles. The van der Waals surface area contributed by atoms with Crippen LogP contribution in [0, 0.1) is 0 Å². The van der Waals surface area contributed by atoms with Crippen molar-refractivity contribution in [1.82, 2.24) is 31.2 Å². The number of aromatic carboxylic acids is 1. The van der Waals surface area contributed by atoms with Gasteiger partial charge in [-0.1, -0.05) is 83.3 Å². The number of carboxylic acids is 1. The van der Waals surface area contributed by atoms with E-state index in [2.05, 4.69) is 53.8 Å². The zero-order chi connectivity index (χ0) is 38.0. The van der Waals surface area contributed by atoms with Crippen molar-refractivity contribution in [2.45, 2.75) is 71.3 Å². The maximum absolute atomic E-state index is 14.5. The predicted molar refractivity (Wildman–Crippen MR) is 205 cm³/mol. The van der Waals surface area contributed by atoms with Crippen LogP contribution in [0.1, 0.15) is 64.2 Å². The molecule has 1 aliphatic carbocycles. The van der Waals surface area contributed by atoms with Gasteiger partial charge in [0.05, 0.1) is 24.2 Å². The first-order chi connectivity index (χ1) is 24.5. The Bertz CT molecular complexity index is 1970. The molecular formula is C34H35F3I2N6O6S. The number of aryl methyl sites for hydroxylation is 1. The lowest BCUT2D eigenvalue weighted by molar-refractivity contribution is -0.136. The number of benzene rings is 2. The number of para-hydroxylation sites is 1. The topological polar surface area (TPSA) is 175 Å². The predicted octanol–water partition coefficient (Wildman–Crippen LogP) is 6.07. The van der Waals surface area contributed by atoms with Crippen molar-refractivity contribution in [2.24, 2.45) is 0 Å². The Morgan fingerprint density at radius 1 is 1.08 bits per heavy atom. The average Bonchev–Trinajstić information content (AvgIpc) is 3.73. The van der Waals surface area contributed by atoms with Crippen molar-refractivity contribution in [3.8, 4) is 5.75 Å². The number of ether oxygens (including phenoxy) is 1. The van der Waals surface area contributed by atoms with Crippen LogP contribution in [0.3, 0.4) is 0 Å². The van der Waals surface area contributed by atoms with Crippen molar-refractivity contribution in [3.63, 3.8) is 0 Å². The number of alkyl halides is 5. The minimum Gasteiger partial charge on any atom is -0.497 e. The van der Waals surface area contributed by atoms with Gasteiger partial charge in [0.2, 0.25) is 11.8 Å². The minimum atomic E-state index is -4.63. The Morgan fingerprint density at radius 3 is 2.38 bits per heavy atom. The third-order valence-electron chi connectivity index (χ3n) is 8.81. The number of urea groups is 1. The van der Waals surface area contributed by atoms with Gasteiger partial charge in [0.25, 0.3) is 0 Å². The average molecular weight is 967 g/mol. The van der Waals surface area contributed by atoms with E-state index in [1.54, 1.807) is 51.3 Å². The molecule has 2 aromatic heterocycles. The normalized spacial score (nSPS) is 18.0. The second-order valence-corrected chi connectivity index (χ2v) is 17.2. The van der Waals surface area contributed by atoms with E-state index in [1.807, 2.05) is 22.6 Å². The number of amides is 4. The molecule has 18 heteroatoms. The molecule has 0 fully saturated rings. The molecule has 0 spiro atoms. The van der Waals surface area contributed by atoms with Crippen molar-refractivity contribution < 1.29 is 42.2 Å². The molecule has 0 radical (unpaired) electrons. The van der Waals surface area contributed by atoms with E-state index in [9.17, 15) is 37.5 Å². The van der Waals surface area contributed by atoms with Crippen LogP contribution >= 0.6 is 56.5 Å². The highest BCUT2D eigenvalue weighted by atomic mass is 127. The SMILES string of the molecule is COc1ccc(CNC(=O)N[C@H](C(=O)N[C@]2(C(=O)N[C@H](c3nc(C(=O)O)cs3)[C@@H](C)I)CCc3[nH]c4c(C(F)(F)F)cccc4c3C2)[C@@H](C)I)cc1. The van der Waals surface area contributed by atoms with Crippen LogP contribution in [0.4, 0.5) is 18.0 Å². The number of rotatable bonds is 12. The molecule has 0 saturated heterocycles. The standard InChI is InChI=1S/C34H35F3I2N6O6S/c1-16(38)25(44-32(50)40-14-18-7-9-19(51-3)10-8-18)28(46)45-33(31(49)43-26(17(2)39)29-42-24(15-52-29)30(47)48)12-11-23-21(13-33)20-5-4-6-22(27(20)41-23)34(35,36)37/h4-10,15-17,25-26,41H,11-14H2,1-3H3,(H,43,49)(H,45,46)(H,47,48)(H2,40,44,50)/t16-,17-,25+,26+,33-/m1/s1. The largest absolute Gasteiger partial charge is 0.497 e. The molecule has 1 aliphatic rings. The molecule has 0 bridgehead atoms. The number of halogens is 5. The van der Waals surface area contributed by atoms with Gasteiger partial charge < -0.3 is 36.1 Å². The first-order valence-corrected chi connectivity index (χ1v) is 19.4. The van der Waals surface area contributed by atoms with E-state index in [4.69, 9.17) is 4.74 Å². The summed E-state index contributed by atoms with van der Waals surface area (Å²) in [5, 5.41) is 22.7. The number of carbonyl (C=O) groups excluding carboxylic acids is 3. The number of hydrogen-bond acceptors (Lipinski definition) is 7. The molecule has 6 N–H and O–H groups in total. The second kappa shape index (κ2) is 16.1. The second-order valence-electron chi connectivity index (χ2n) is 12.4. The summed E-state index contributed by atoms with van der Waals surface area (Å²) in [5.41, 5.74) is -1.06. The van der Waals surface area contributed by atoms with Crippen molar-refractivity contribution in [2.75, 3.05) is 7.11 Å². The number of aromatic nitrogens is 2. The van der Waals surface area contributed by atoms with Crippen LogP contribution in [0.2, 0.25) is 0 Å². The van der Waals surface area contributed by atoms with Crippen LogP contribution in [-0.4, -0.2) is 65.4 Å². The van der Waals surface area contributed by atoms with Gasteiger partial charge in [-0.15, -0.1) is 11.3 Å². The summed E-state index contributed by atoms with van der Waals surface area (Å²) >= 11 is 5.14. The maximum Gasteiger partial charge on any atom is 0.418 e. The molecule has 4 amide bonds. The first-order valence-electron chi connectivity index (χ1n) is 16.0. The summed E-state index contributed by atoms with van der Waals surface area (Å²) in [4.78, 5) is 60.3. The zero-order valence-electron chi connectivity index (χ0n) is 28.0. The van der Waals surface area contributed by atoms with E-state index >= 15 is 0 Å². The van der Waals surface area contributed by atoms with Crippen LogP contribution < -0.4 is 26.0 Å².